The quantitative estimate of drug-likeness (QED) is 0.696. The Kier molecular flexibility index (Phi) is 6.18. The summed E-state index contributed by atoms with van der Waals surface area (Å²) in [6.45, 7) is 2.35. The van der Waals surface area contributed by atoms with E-state index in [4.69, 9.17) is 9.47 Å². The van der Waals surface area contributed by atoms with Gasteiger partial charge in [-0.05, 0) is 49.2 Å². The molecule has 1 N–H and O–H groups in total. The second-order valence-corrected chi connectivity index (χ2v) is 10.6. The Hall–Kier alpha value is -3.11. The van der Waals surface area contributed by atoms with Crippen LogP contribution in [0.5, 0.6) is 11.5 Å². The third kappa shape index (κ3) is 4.47. The Morgan fingerprint density at radius 1 is 0.941 bits per heavy atom. The number of carbonyl (C=O) groups is 2. The van der Waals surface area contributed by atoms with Gasteiger partial charge in [0.25, 0.3) is 5.91 Å². The van der Waals surface area contributed by atoms with E-state index in [1.807, 2.05) is 0 Å². The van der Waals surface area contributed by atoms with Crippen LogP contribution >= 0.6 is 0 Å². The highest BCUT2D eigenvalue weighted by atomic mass is 32.2. The fourth-order valence-corrected chi connectivity index (χ4v) is 6.07. The topological polar surface area (TPSA) is 105 Å². The maximum atomic E-state index is 12.8. The van der Waals surface area contributed by atoms with E-state index in [1.165, 1.54) is 28.6 Å². The average molecular weight is 486 g/mol. The number of fused-ring (bicyclic) bond motifs is 1. The molecule has 3 aliphatic heterocycles. The zero-order valence-corrected chi connectivity index (χ0v) is 19.6. The van der Waals surface area contributed by atoms with Crippen molar-refractivity contribution in [3.8, 4) is 11.5 Å². The molecule has 2 amide bonds. The molecule has 0 bridgehead atoms. The van der Waals surface area contributed by atoms with Crippen LogP contribution in [-0.2, 0) is 14.8 Å². The normalized spacial score (nSPS) is 20.9. The first kappa shape index (κ1) is 22.7. The molecule has 0 aliphatic carbocycles. The zero-order valence-electron chi connectivity index (χ0n) is 18.7. The molecule has 3 aliphatic rings. The van der Waals surface area contributed by atoms with Crippen LogP contribution in [0.25, 0.3) is 0 Å². The van der Waals surface area contributed by atoms with Crippen molar-refractivity contribution in [2.45, 2.75) is 36.6 Å². The monoisotopic (exact) mass is 485 g/mol. The van der Waals surface area contributed by atoms with Crippen LogP contribution in [0.15, 0.2) is 47.4 Å². The smallest absolute Gasteiger partial charge is 0.251 e. The molecule has 2 saturated heterocycles. The summed E-state index contributed by atoms with van der Waals surface area (Å²) in [5.41, 5.74) is 1.04. The second kappa shape index (κ2) is 9.27. The molecule has 10 heteroatoms. The highest BCUT2D eigenvalue weighted by molar-refractivity contribution is 7.89. The Morgan fingerprint density at radius 3 is 2.38 bits per heavy atom. The summed E-state index contributed by atoms with van der Waals surface area (Å²) in [6, 6.07) is 11.0. The van der Waals surface area contributed by atoms with Crippen molar-refractivity contribution >= 4 is 27.5 Å². The number of piperidine rings is 1. The lowest BCUT2D eigenvalue weighted by atomic mass is 10.2. The summed E-state index contributed by atoms with van der Waals surface area (Å²) in [7, 11) is -3.55. The predicted octanol–water partition coefficient (Wildman–Crippen LogP) is 2.17. The third-order valence-electron chi connectivity index (χ3n) is 6.37. The van der Waals surface area contributed by atoms with Gasteiger partial charge in [0.15, 0.2) is 11.5 Å². The fourth-order valence-electron chi connectivity index (χ4n) is 4.56. The van der Waals surface area contributed by atoms with Gasteiger partial charge in [0.05, 0.1) is 10.9 Å². The number of hydrogen-bond donors (Lipinski definition) is 1. The lowest BCUT2D eigenvalue weighted by Gasteiger charge is -2.25. The lowest BCUT2D eigenvalue weighted by Crippen LogP contribution is -2.37. The largest absolute Gasteiger partial charge is 0.486 e. The Balaban J connectivity index is 1.23. The van der Waals surface area contributed by atoms with Gasteiger partial charge in [-0.3, -0.25) is 9.59 Å². The van der Waals surface area contributed by atoms with Gasteiger partial charge < -0.3 is 19.7 Å². The molecule has 5 rings (SSSR count). The summed E-state index contributed by atoms with van der Waals surface area (Å²) in [6.07, 6.45) is 2.95. The number of amides is 2. The van der Waals surface area contributed by atoms with Crippen LogP contribution in [0, 0.1) is 0 Å². The minimum atomic E-state index is -3.55. The van der Waals surface area contributed by atoms with Crippen molar-refractivity contribution in [1.82, 2.24) is 9.62 Å². The van der Waals surface area contributed by atoms with E-state index in [0.717, 1.165) is 19.3 Å². The molecule has 1 atom stereocenters. The number of carbonyl (C=O) groups excluding carboxylic acids is 2. The van der Waals surface area contributed by atoms with Gasteiger partial charge in [0.1, 0.15) is 13.2 Å². The first-order valence-corrected chi connectivity index (χ1v) is 13.0. The minimum absolute atomic E-state index is 0.0926. The Morgan fingerprint density at radius 2 is 1.65 bits per heavy atom. The molecule has 2 aromatic carbocycles. The van der Waals surface area contributed by atoms with Crippen molar-refractivity contribution in [2.24, 2.45) is 0 Å². The van der Waals surface area contributed by atoms with Crippen LogP contribution in [0.3, 0.4) is 0 Å². The molecule has 2 aromatic rings. The van der Waals surface area contributed by atoms with Crippen LogP contribution in [0.2, 0.25) is 0 Å². The maximum absolute atomic E-state index is 12.8. The molecule has 34 heavy (non-hydrogen) atoms. The molecule has 9 nitrogen and oxygen atoms in total. The number of sulfonamides is 1. The highest BCUT2D eigenvalue weighted by Gasteiger charge is 2.33. The zero-order chi connectivity index (χ0) is 23.7. The van der Waals surface area contributed by atoms with E-state index >= 15 is 0 Å². The van der Waals surface area contributed by atoms with Crippen LogP contribution in [0.4, 0.5) is 5.69 Å². The molecule has 0 saturated carbocycles. The van der Waals surface area contributed by atoms with Gasteiger partial charge in [-0.1, -0.05) is 6.42 Å². The van der Waals surface area contributed by atoms with Gasteiger partial charge in [0.2, 0.25) is 15.9 Å². The van der Waals surface area contributed by atoms with Gasteiger partial charge in [0, 0.05) is 43.4 Å². The number of hydrogen-bond acceptors (Lipinski definition) is 6. The molecule has 0 radical (unpaired) electrons. The number of rotatable bonds is 5. The summed E-state index contributed by atoms with van der Waals surface area (Å²) in [4.78, 5) is 27.2. The van der Waals surface area contributed by atoms with Crippen molar-refractivity contribution in [2.75, 3.05) is 37.7 Å². The molecule has 1 unspecified atom stereocenters. The first-order valence-electron chi connectivity index (χ1n) is 11.5. The van der Waals surface area contributed by atoms with Crippen molar-refractivity contribution in [1.29, 1.82) is 0 Å². The van der Waals surface area contributed by atoms with Crippen molar-refractivity contribution < 1.29 is 27.5 Å². The number of ether oxygens (including phenoxy) is 2. The summed E-state index contributed by atoms with van der Waals surface area (Å²) < 4.78 is 38.3. The van der Waals surface area contributed by atoms with E-state index in [2.05, 4.69) is 5.32 Å². The Labute approximate surface area is 198 Å². The van der Waals surface area contributed by atoms with Crippen LogP contribution in [0.1, 0.15) is 36.0 Å². The number of nitrogens with one attached hydrogen (secondary N) is 1. The average Bonchev–Trinajstić information content (AvgIpc) is 3.24. The predicted molar refractivity (Wildman–Crippen MR) is 125 cm³/mol. The molecular formula is C24H27N3O6S. The lowest BCUT2D eigenvalue weighted by molar-refractivity contribution is -0.117. The minimum Gasteiger partial charge on any atom is -0.486 e. The Bertz CT molecular complexity index is 1190. The van der Waals surface area contributed by atoms with Crippen LogP contribution in [-0.4, -0.2) is 63.4 Å². The first-order chi connectivity index (χ1) is 16.4. The van der Waals surface area contributed by atoms with Gasteiger partial charge >= 0.3 is 0 Å². The summed E-state index contributed by atoms with van der Waals surface area (Å²) in [5.74, 6) is 0.814. The molecule has 2 fully saturated rings. The van der Waals surface area contributed by atoms with Crippen molar-refractivity contribution in [3.05, 3.63) is 48.0 Å². The molecule has 3 heterocycles. The van der Waals surface area contributed by atoms with E-state index in [9.17, 15) is 18.0 Å². The molecule has 0 aromatic heterocycles. The highest BCUT2D eigenvalue weighted by Crippen LogP contribution is 2.35. The second-order valence-electron chi connectivity index (χ2n) is 8.70. The number of nitrogens with zero attached hydrogens (tertiary/aromatic N) is 2. The molecule has 0 spiro atoms. The van der Waals surface area contributed by atoms with E-state index in [-0.39, 0.29) is 29.2 Å². The van der Waals surface area contributed by atoms with E-state index < -0.39 is 10.0 Å². The SMILES string of the molecule is O=C(NC1CC(=O)N(c2ccc3c(c2)OCCO3)C1)c1ccc(S(=O)(=O)N2CCCCC2)cc1. The molecule has 180 valence electrons. The van der Waals surface area contributed by atoms with Gasteiger partial charge in [-0.25, -0.2) is 8.42 Å². The number of benzene rings is 2. The van der Waals surface area contributed by atoms with Gasteiger partial charge in [-0.2, -0.15) is 4.31 Å². The van der Waals surface area contributed by atoms with E-state index in [1.54, 1.807) is 23.1 Å². The summed E-state index contributed by atoms with van der Waals surface area (Å²) >= 11 is 0. The number of anilines is 1. The van der Waals surface area contributed by atoms with Crippen LogP contribution < -0.4 is 19.7 Å². The third-order valence-corrected chi connectivity index (χ3v) is 8.28. The van der Waals surface area contributed by atoms with Gasteiger partial charge in [-0.15, -0.1) is 0 Å². The van der Waals surface area contributed by atoms with E-state index in [0.29, 0.717) is 55.6 Å². The summed E-state index contributed by atoms with van der Waals surface area (Å²) in [5, 5.41) is 2.89. The maximum Gasteiger partial charge on any atom is 0.251 e. The standard InChI is InChI=1S/C24H27N3O6S/c28-23-14-18(16-27(23)19-6-9-21-22(15-19)33-13-12-32-21)25-24(29)17-4-7-20(8-5-17)34(30,31)26-10-2-1-3-11-26/h4-9,15,18H,1-3,10-14,16H2,(H,25,29). The molecular weight excluding hydrogens is 458 g/mol. The van der Waals surface area contributed by atoms with Crippen molar-refractivity contribution in [3.63, 3.8) is 0 Å². The fraction of sp³-hybridized carbons (Fsp3) is 0.417.